The van der Waals surface area contributed by atoms with Gasteiger partial charge in [-0.05, 0) is 48.4 Å². The first-order valence-electron chi connectivity index (χ1n) is 10.9. The highest BCUT2D eigenvalue weighted by Gasteiger charge is 2.28. The van der Waals surface area contributed by atoms with Crippen molar-refractivity contribution in [2.24, 2.45) is 0 Å². The van der Waals surface area contributed by atoms with Gasteiger partial charge in [-0.15, -0.1) is 16.4 Å². The molecule has 2 aromatic carbocycles. The van der Waals surface area contributed by atoms with E-state index >= 15 is 0 Å². The van der Waals surface area contributed by atoms with Crippen LogP contribution in [0, 0.1) is 6.92 Å². The molecule has 3 aromatic heterocycles. The van der Waals surface area contributed by atoms with Gasteiger partial charge in [0, 0.05) is 39.0 Å². The zero-order valence-corrected chi connectivity index (χ0v) is 19.9. The van der Waals surface area contributed by atoms with Crippen LogP contribution >= 0.6 is 23.1 Å². The first-order chi connectivity index (χ1) is 16.7. The maximum atomic E-state index is 13.3. The minimum Gasteiger partial charge on any atom is -0.451 e. The number of nitrogens with zero attached hydrogens (tertiary/aromatic N) is 5. The summed E-state index contributed by atoms with van der Waals surface area (Å²) in [6.07, 6.45) is 2.17. The molecule has 1 saturated carbocycles. The van der Waals surface area contributed by atoms with Crippen molar-refractivity contribution in [2.75, 3.05) is 5.32 Å². The molecule has 1 N–H and O–H groups in total. The van der Waals surface area contributed by atoms with E-state index in [1.54, 1.807) is 23.1 Å². The largest absolute Gasteiger partial charge is 0.451 e. The SMILES string of the molecule is Cc1csc(SCc2c(C(=O)Nc3cccc(-c4nnnn4C4CC4)c3)oc3ccccc23)n1. The maximum absolute atomic E-state index is 13.3. The van der Waals surface area contributed by atoms with Gasteiger partial charge in [0.2, 0.25) is 0 Å². The monoisotopic (exact) mass is 488 g/mol. The summed E-state index contributed by atoms with van der Waals surface area (Å²) in [4.78, 5) is 17.9. The fraction of sp³-hybridized carbons (Fsp3) is 0.208. The topological polar surface area (TPSA) is 98.7 Å². The molecule has 10 heteroatoms. The molecule has 1 aliphatic rings. The summed E-state index contributed by atoms with van der Waals surface area (Å²) in [5.74, 6) is 1.32. The van der Waals surface area contributed by atoms with Crippen molar-refractivity contribution in [3.63, 3.8) is 0 Å². The number of furan rings is 1. The minimum absolute atomic E-state index is 0.291. The molecule has 5 aromatic rings. The summed E-state index contributed by atoms with van der Waals surface area (Å²) in [5.41, 5.74) is 4.06. The van der Waals surface area contributed by atoms with E-state index in [9.17, 15) is 4.79 Å². The number of thiazole rings is 1. The molecule has 0 unspecified atom stereocenters. The molecule has 8 nitrogen and oxygen atoms in total. The number of anilines is 1. The second-order valence-electron chi connectivity index (χ2n) is 8.16. The summed E-state index contributed by atoms with van der Waals surface area (Å²) in [7, 11) is 0. The van der Waals surface area contributed by atoms with Crippen LogP contribution in [-0.2, 0) is 5.75 Å². The molecule has 1 fully saturated rings. The van der Waals surface area contributed by atoms with Gasteiger partial charge in [0.25, 0.3) is 5.91 Å². The predicted molar refractivity (Wildman–Crippen MR) is 132 cm³/mol. The molecular formula is C24H20N6O2S2. The molecule has 0 radical (unpaired) electrons. The lowest BCUT2D eigenvalue weighted by Gasteiger charge is -2.08. The number of benzene rings is 2. The van der Waals surface area contributed by atoms with Crippen LogP contribution in [0.25, 0.3) is 22.4 Å². The van der Waals surface area contributed by atoms with Gasteiger partial charge < -0.3 is 9.73 Å². The summed E-state index contributed by atoms with van der Waals surface area (Å²) < 4.78 is 8.83. The Bertz CT molecular complexity index is 1500. The molecule has 3 heterocycles. The lowest BCUT2D eigenvalue weighted by atomic mass is 10.1. The second kappa shape index (κ2) is 8.69. The minimum atomic E-state index is -0.291. The van der Waals surface area contributed by atoms with Gasteiger partial charge in [0.05, 0.1) is 6.04 Å². The van der Waals surface area contributed by atoms with Gasteiger partial charge in [0.1, 0.15) is 9.92 Å². The van der Waals surface area contributed by atoms with E-state index in [0.717, 1.165) is 39.4 Å². The van der Waals surface area contributed by atoms with Crippen LogP contribution in [0.15, 0.2) is 62.7 Å². The van der Waals surface area contributed by atoms with Crippen LogP contribution in [0.2, 0.25) is 0 Å². The van der Waals surface area contributed by atoms with Crippen molar-refractivity contribution in [1.82, 2.24) is 25.2 Å². The highest BCUT2D eigenvalue weighted by molar-refractivity contribution is 8.00. The van der Waals surface area contributed by atoms with Crippen molar-refractivity contribution in [1.29, 1.82) is 0 Å². The average Bonchev–Trinajstić information content (AvgIpc) is 3.25. The Kier molecular flexibility index (Phi) is 5.39. The summed E-state index contributed by atoms with van der Waals surface area (Å²) in [6, 6.07) is 15.6. The fourth-order valence-electron chi connectivity index (χ4n) is 3.83. The van der Waals surface area contributed by atoms with Crippen LogP contribution in [0.1, 0.15) is 40.7 Å². The van der Waals surface area contributed by atoms with Gasteiger partial charge >= 0.3 is 0 Å². The molecule has 0 saturated heterocycles. The molecule has 0 bridgehead atoms. The number of fused-ring (bicyclic) bond motifs is 1. The third-order valence-electron chi connectivity index (χ3n) is 5.61. The van der Waals surface area contributed by atoms with Gasteiger partial charge in [-0.25, -0.2) is 9.67 Å². The Morgan fingerprint density at radius 1 is 1.24 bits per heavy atom. The van der Waals surface area contributed by atoms with E-state index in [0.29, 0.717) is 34.6 Å². The summed E-state index contributed by atoms with van der Waals surface area (Å²) in [5, 5.41) is 18.1. The highest BCUT2D eigenvalue weighted by atomic mass is 32.2. The number of aryl methyl sites for hydroxylation is 1. The van der Waals surface area contributed by atoms with E-state index in [4.69, 9.17) is 4.42 Å². The Balaban J connectivity index is 1.28. The maximum Gasteiger partial charge on any atom is 0.291 e. The van der Waals surface area contributed by atoms with E-state index in [1.807, 2.05) is 65.5 Å². The molecule has 1 aliphatic carbocycles. The summed E-state index contributed by atoms with van der Waals surface area (Å²) in [6.45, 7) is 1.98. The predicted octanol–water partition coefficient (Wildman–Crippen LogP) is 5.73. The number of para-hydroxylation sites is 1. The quantitative estimate of drug-likeness (QED) is 0.292. The number of rotatable bonds is 7. The second-order valence-corrected chi connectivity index (χ2v) is 10.2. The zero-order valence-electron chi connectivity index (χ0n) is 18.3. The number of tetrazole rings is 1. The number of carbonyl (C=O) groups is 1. The molecule has 1 amide bonds. The third kappa shape index (κ3) is 4.10. The van der Waals surface area contributed by atoms with Crippen LogP contribution in [0.5, 0.6) is 0 Å². The van der Waals surface area contributed by atoms with Crippen LogP contribution < -0.4 is 5.32 Å². The van der Waals surface area contributed by atoms with E-state index in [2.05, 4.69) is 25.8 Å². The zero-order chi connectivity index (χ0) is 23.1. The normalized spacial score (nSPS) is 13.4. The third-order valence-corrected chi connectivity index (χ3v) is 7.77. The van der Waals surface area contributed by atoms with Crippen molar-refractivity contribution in [3.8, 4) is 11.4 Å². The molecular weight excluding hydrogens is 468 g/mol. The number of hydrogen-bond acceptors (Lipinski definition) is 8. The first-order valence-corrected chi connectivity index (χ1v) is 12.8. The Labute approximate surface area is 203 Å². The lowest BCUT2D eigenvalue weighted by molar-refractivity contribution is 0.0998. The molecule has 170 valence electrons. The fourth-order valence-corrected chi connectivity index (χ4v) is 5.71. The number of amides is 1. The number of thioether (sulfide) groups is 1. The van der Waals surface area contributed by atoms with Crippen molar-refractivity contribution >= 4 is 45.7 Å². The first kappa shape index (κ1) is 21.1. The Morgan fingerprint density at radius 3 is 2.94 bits per heavy atom. The highest BCUT2D eigenvalue weighted by Crippen LogP contribution is 2.37. The Hall–Kier alpha value is -3.50. The van der Waals surface area contributed by atoms with Crippen molar-refractivity contribution < 1.29 is 9.21 Å². The van der Waals surface area contributed by atoms with Crippen LogP contribution in [-0.4, -0.2) is 31.1 Å². The van der Waals surface area contributed by atoms with Crippen LogP contribution in [0.3, 0.4) is 0 Å². The molecule has 34 heavy (non-hydrogen) atoms. The number of nitrogens with one attached hydrogen (secondary N) is 1. The van der Waals surface area contributed by atoms with Gasteiger partial charge in [-0.1, -0.05) is 42.1 Å². The van der Waals surface area contributed by atoms with Gasteiger partial charge in [-0.3, -0.25) is 4.79 Å². The van der Waals surface area contributed by atoms with Crippen molar-refractivity contribution in [2.45, 2.75) is 35.9 Å². The standard InChI is InChI=1S/C24H20N6O2S2/c1-14-12-33-24(25-14)34-13-19-18-7-2-3-8-20(18)32-21(19)23(31)26-16-6-4-5-15(11-16)22-27-28-29-30(22)17-9-10-17/h2-8,11-12,17H,9-10,13H2,1H3,(H,26,31). The number of aromatic nitrogens is 5. The number of hydrogen-bond donors (Lipinski definition) is 1. The van der Waals surface area contributed by atoms with Gasteiger partial charge in [-0.2, -0.15) is 0 Å². The molecule has 0 aliphatic heterocycles. The van der Waals surface area contributed by atoms with E-state index in [-0.39, 0.29) is 5.91 Å². The molecule has 6 rings (SSSR count). The van der Waals surface area contributed by atoms with Gasteiger partial charge in [0.15, 0.2) is 11.6 Å². The average molecular weight is 489 g/mol. The van der Waals surface area contributed by atoms with E-state index < -0.39 is 0 Å². The molecule has 0 atom stereocenters. The van der Waals surface area contributed by atoms with E-state index in [1.165, 1.54) is 0 Å². The van der Waals surface area contributed by atoms with Crippen LogP contribution in [0.4, 0.5) is 5.69 Å². The smallest absolute Gasteiger partial charge is 0.291 e. The summed E-state index contributed by atoms with van der Waals surface area (Å²) >= 11 is 3.21. The van der Waals surface area contributed by atoms with Crippen molar-refractivity contribution in [3.05, 3.63) is 70.9 Å². The Morgan fingerprint density at radius 2 is 2.12 bits per heavy atom. The number of carbonyl (C=O) groups excluding carboxylic acids is 1. The molecule has 0 spiro atoms. The lowest BCUT2D eigenvalue weighted by Crippen LogP contribution is -2.13.